The normalized spacial score (nSPS) is 12.1. The van der Waals surface area contributed by atoms with Crippen molar-refractivity contribution in [3.63, 3.8) is 0 Å². The fraction of sp³-hybridized carbons (Fsp3) is 0.682. The molecule has 6 nitrogen and oxygen atoms in total. The van der Waals surface area contributed by atoms with Gasteiger partial charge in [0.15, 0.2) is 0 Å². The molecule has 1 rings (SSSR count). The Hall–Kier alpha value is -1.44. The first-order valence-electron chi connectivity index (χ1n) is 10.4. The fourth-order valence-electron chi connectivity index (χ4n) is 2.66. The molecular weight excluding hydrogens is 392 g/mol. The molecule has 166 valence electrons. The number of carbonyl (C=O) groups is 1. The van der Waals surface area contributed by atoms with E-state index in [-0.39, 0.29) is 24.1 Å². The van der Waals surface area contributed by atoms with E-state index in [1.165, 1.54) is 0 Å². The summed E-state index contributed by atoms with van der Waals surface area (Å²) in [6.45, 7) is 8.19. The van der Waals surface area contributed by atoms with Gasteiger partial charge in [-0.05, 0) is 52.7 Å². The maximum Gasteiger partial charge on any atom is 0.332 e. The minimum atomic E-state index is -3.65. The van der Waals surface area contributed by atoms with Crippen molar-refractivity contribution in [2.24, 2.45) is 0 Å². The van der Waals surface area contributed by atoms with E-state index in [2.05, 4.69) is 0 Å². The molecule has 7 heteroatoms. The first-order chi connectivity index (χ1) is 13.6. The van der Waals surface area contributed by atoms with E-state index >= 15 is 0 Å². The summed E-state index contributed by atoms with van der Waals surface area (Å²) < 4.78 is 39.7. The summed E-state index contributed by atoms with van der Waals surface area (Å²) in [6.07, 6.45) is 6.87. The first-order valence-corrected chi connectivity index (χ1v) is 11.8. The molecule has 0 spiro atoms. The molecule has 1 aromatic rings. The maximum absolute atomic E-state index is 12.1. The van der Waals surface area contributed by atoms with Gasteiger partial charge >= 0.3 is 5.97 Å². The van der Waals surface area contributed by atoms with Crippen molar-refractivity contribution >= 4 is 16.1 Å². The lowest BCUT2D eigenvalue weighted by molar-refractivity contribution is -0.160. The molecule has 0 bridgehead atoms. The van der Waals surface area contributed by atoms with Gasteiger partial charge in [0, 0.05) is 6.61 Å². The summed E-state index contributed by atoms with van der Waals surface area (Å²) in [4.78, 5) is 11.7. The van der Waals surface area contributed by atoms with Gasteiger partial charge < -0.3 is 9.47 Å². The Morgan fingerprint density at radius 2 is 1.38 bits per heavy atom. The van der Waals surface area contributed by atoms with Crippen LogP contribution >= 0.6 is 0 Å². The second-order valence-electron chi connectivity index (χ2n) is 8.20. The van der Waals surface area contributed by atoms with Crippen molar-refractivity contribution in [1.82, 2.24) is 0 Å². The van der Waals surface area contributed by atoms with Gasteiger partial charge in [0.05, 0.1) is 11.5 Å². The summed E-state index contributed by atoms with van der Waals surface area (Å²) in [6, 6.07) is 6.67. The lowest BCUT2D eigenvalue weighted by Crippen LogP contribution is -2.26. The van der Waals surface area contributed by atoms with E-state index in [0.29, 0.717) is 6.61 Å². The Kier molecular flexibility index (Phi) is 11.5. The second-order valence-corrected chi connectivity index (χ2v) is 9.82. The summed E-state index contributed by atoms with van der Waals surface area (Å²) >= 11 is 0. The zero-order valence-corrected chi connectivity index (χ0v) is 19.1. The Balaban J connectivity index is 1.96. The van der Waals surface area contributed by atoms with Crippen LogP contribution in [0.15, 0.2) is 29.2 Å². The first kappa shape index (κ1) is 25.6. The molecule has 0 unspecified atom stereocenters. The molecule has 0 heterocycles. The third kappa shape index (κ3) is 12.7. The lowest BCUT2D eigenvalue weighted by atomic mass is 10.1. The summed E-state index contributed by atoms with van der Waals surface area (Å²) in [5.74, 6) is -0.330. The zero-order chi connectivity index (χ0) is 21.8. The van der Waals surface area contributed by atoms with Crippen LogP contribution in [0.25, 0.3) is 0 Å². The Morgan fingerprint density at radius 1 is 0.862 bits per heavy atom. The molecule has 0 aliphatic rings. The molecule has 0 saturated heterocycles. The monoisotopic (exact) mass is 428 g/mol. The number of unbranched alkanes of at least 4 members (excludes halogenated alkanes) is 6. The average Bonchev–Trinajstić information content (AvgIpc) is 2.61. The molecule has 0 fully saturated rings. The van der Waals surface area contributed by atoms with Gasteiger partial charge in [-0.25, -0.2) is 4.79 Å². The van der Waals surface area contributed by atoms with Crippen molar-refractivity contribution in [2.45, 2.75) is 83.1 Å². The molecule has 0 amide bonds. The number of rotatable bonds is 14. The molecule has 0 saturated carbocycles. The van der Waals surface area contributed by atoms with Gasteiger partial charge in [-0.3, -0.25) is 4.18 Å². The highest BCUT2D eigenvalue weighted by atomic mass is 32.2. The topological polar surface area (TPSA) is 78.9 Å². The van der Waals surface area contributed by atoms with Gasteiger partial charge in [-0.1, -0.05) is 49.8 Å². The summed E-state index contributed by atoms with van der Waals surface area (Å²) in [5, 5.41) is 0. The smallest absolute Gasteiger partial charge is 0.332 e. The molecule has 0 aliphatic heterocycles. The van der Waals surface area contributed by atoms with Crippen LogP contribution in [-0.4, -0.2) is 39.8 Å². The van der Waals surface area contributed by atoms with Gasteiger partial charge in [-0.2, -0.15) is 8.42 Å². The number of hydrogen-bond donors (Lipinski definition) is 0. The number of hydrogen-bond acceptors (Lipinski definition) is 6. The van der Waals surface area contributed by atoms with Gasteiger partial charge in [0.25, 0.3) is 10.1 Å². The Labute approximate surface area is 176 Å². The minimum Gasteiger partial charge on any atom is -0.458 e. The van der Waals surface area contributed by atoms with Crippen LogP contribution in [0.2, 0.25) is 0 Å². The van der Waals surface area contributed by atoms with Gasteiger partial charge in [0.1, 0.15) is 12.2 Å². The van der Waals surface area contributed by atoms with Crippen LogP contribution in [-0.2, 0) is 28.6 Å². The molecule has 0 N–H and O–H groups in total. The van der Waals surface area contributed by atoms with Gasteiger partial charge in [0.2, 0.25) is 0 Å². The molecule has 29 heavy (non-hydrogen) atoms. The number of esters is 1. The second kappa shape index (κ2) is 13.0. The number of ether oxygens (including phenoxy) is 2. The van der Waals surface area contributed by atoms with Crippen molar-refractivity contribution in [3.05, 3.63) is 29.8 Å². The summed E-state index contributed by atoms with van der Waals surface area (Å²) in [7, 11) is -3.65. The lowest BCUT2D eigenvalue weighted by Gasteiger charge is -2.19. The number of carbonyl (C=O) groups excluding carboxylic acids is 1. The van der Waals surface area contributed by atoms with Crippen molar-refractivity contribution in [3.8, 4) is 0 Å². The van der Waals surface area contributed by atoms with Crippen LogP contribution in [0.4, 0.5) is 0 Å². The van der Waals surface area contributed by atoms with Crippen LogP contribution in [0.1, 0.15) is 71.3 Å². The van der Waals surface area contributed by atoms with Crippen molar-refractivity contribution < 1.29 is 26.9 Å². The Morgan fingerprint density at radius 3 is 1.93 bits per heavy atom. The molecule has 1 aromatic carbocycles. The van der Waals surface area contributed by atoms with E-state index in [4.69, 9.17) is 13.7 Å². The fourth-order valence-corrected chi connectivity index (χ4v) is 3.60. The molecular formula is C22H36O6S. The highest BCUT2D eigenvalue weighted by Gasteiger charge is 2.16. The third-order valence-electron chi connectivity index (χ3n) is 4.12. The Bertz CT molecular complexity index is 689. The molecule has 0 radical (unpaired) electrons. The van der Waals surface area contributed by atoms with Crippen molar-refractivity contribution in [2.75, 3.05) is 19.8 Å². The van der Waals surface area contributed by atoms with E-state index in [1.807, 2.05) is 27.7 Å². The van der Waals surface area contributed by atoms with Crippen molar-refractivity contribution in [1.29, 1.82) is 0 Å². The minimum absolute atomic E-state index is 0.00274. The highest BCUT2D eigenvalue weighted by molar-refractivity contribution is 7.86. The summed E-state index contributed by atoms with van der Waals surface area (Å²) in [5.41, 5.74) is 0.537. The van der Waals surface area contributed by atoms with Crippen LogP contribution in [0, 0.1) is 6.92 Å². The predicted molar refractivity (Wildman–Crippen MR) is 113 cm³/mol. The largest absolute Gasteiger partial charge is 0.458 e. The number of aryl methyl sites for hydroxylation is 1. The van der Waals surface area contributed by atoms with E-state index in [0.717, 1.165) is 50.5 Å². The van der Waals surface area contributed by atoms with E-state index in [1.54, 1.807) is 24.3 Å². The SMILES string of the molecule is Cc1ccc(S(=O)(=O)OCCCCCCCCCOCC(=O)OC(C)(C)C)cc1. The van der Waals surface area contributed by atoms with Crippen LogP contribution < -0.4 is 0 Å². The molecule has 0 atom stereocenters. The maximum atomic E-state index is 12.1. The number of benzene rings is 1. The van der Waals surface area contributed by atoms with E-state index < -0.39 is 15.7 Å². The van der Waals surface area contributed by atoms with Gasteiger partial charge in [-0.15, -0.1) is 0 Å². The standard InChI is InChI=1S/C22H36O6S/c1-19-12-14-20(15-13-19)29(24,25)27-17-11-9-7-5-6-8-10-16-26-18-21(23)28-22(2,3)4/h12-15H,5-11,16-18H2,1-4H3. The molecule has 0 aliphatic carbocycles. The predicted octanol–water partition coefficient (Wildman–Crippen LogP) is 4.79. The average molecular weight is 429 g/mol. The van der Waals surface area contributed by atoms with Crippen LogP contribution in [0.5, 0.6) is 0 Å². The third-order valence-corrected chi connectivity index (χ3v) is 5.45. The van der Waals surface area contributed by atoms with Crippen LogP contribution in [0.3, 0.4) is 0 Å². The quantitative estimate of drug-likeness (QED) is 0.241. The van der Waals surface area contributed by atoms with E-state index in [9.17, 15) is 13.2 Å². The zero-order valence-electron chi connectivity index (χ0n) is 18.2. The molecule has 0 aromatic heterocycles. The highest BCUT2D eigenvalue weighted by Crippen LogP contribution is 2.14.